The maximum absolute atomic E-state index is 13.6. The highest BCUT2D eigenvalue weighted by molar-refractivity contribution is 5.60. The van der Waals surface area contributed by atoms with Gasteiger partial charge in [0.1, 0.15) is 11.6 Å². The van der Waals surface area contributed by atoms with Crippen molar-refractivity contribution in [3.05, 3.63) is 42.0 Å². The monoisotopic (exact) mass is 265 g/mol. The largest absolute Gasteiger partial charge is 0.395 e. The molecule has 0 radical (unpaired) electrons. The zero-order chi connectivity index (χ0) is 13.8. The van der Waals surface area contributed by atoms with Crippen LogP contribution in [0.3, 0.4) is 0 Å². The maximum Gasteiger partial charge on any atom is 0.151 e. The van der Waals surface area contributed by atoms with Crippen LogP contribution in [0.4, 0.5) is 14.6 Å². The van der Waals surface area contributed by atoms with Crippen LogP contribution in [-0.2, 0) is 0 Å². The van der Waals surface area contributed by atoms with E-state index in [0.29, 0.717) is 12.4 Å². The Bertz CT molecular complexity index is 560. The predicted molar refractivity (Wildman–Crippen MR) is 67.7 cm³/mol. The molecule has 0 aliphatic rings. The van der Waals surface area contributed by atoms with Crippen molar-refractivity contribution in [2.75, 3.05) is 25.1 Å². The summed E-state index contributed by atoms with van der Waals surface area (Å²) >= 11 is 0. The Morgan fingerprint density at radius 1 is 1.16 bits per heavy atom. The Morgan fingerprint density at radius 3 is 2.58 bits per heavy atom. The number of hydrogen-bond acceptors (Lipinski definition) is 4. The number of likely N-dealkylation sites (N-methyl/N-ethyl adjacent to an activating group) is 1. The van der Waals surface area contributed by atoms with Crippen molar-refractivity contribution in [2.45, 2.75) is 0 Å². The lowest BCUT2D eigenvalue weighted by Gasteiger charge is -2.15. The summed E-state index contributed by atoms with van der Waals surface area (Å²) in [5.74, 6) is -0.526. The lowest BCUT2D eigenvalue weighted by Crippen LogP contribution is -2.22. The molecule has 100 valence electrons. The van der Waals surface area contributed by atoms with Gasteiger partial charge in [0.25, 0.3) is 0 Å². The average molecular weight is 265 g/mol. The minimum atomic E-state index is -0.549. The molecular formula is C13H13F2N3O. The van der Waals surface area contributed by atoms with Gasteiger partial charge in [0.15, 0.2) is 5.82 Å². The minimum absolute atomic E-state index is 0.00153. The average Bonchev–Trinajstić information content (AvgIpc) is 2.42. The number of anilines is 1. The van der Waals surface area contributed by atoms with Crippen LogP contribution >= 0.6 is 0 Å². The van der Waals surface area contributed by atoms with Crippen molar-refractivity contribution in [3.8, 4) is 11.3 Å². The van der Waals surface area contributed by atoms with E-state index in [0.717, 1.165) is 18.2 Å². The molecule has 19 heavy (non-hydrogen) atoms. The summed E-state index contributed by atoms with van der Waals surface area (Å²) in [4.78, 5) is 1.71. The summed E-state index contributed by atoms with van der Waals surface area (Å²) in [6.45, 7) is 0.417. The smallest absolute Gasteiger partial charge is 0.151 e. The lowest BCUT2D eigenvalue weighted by atomic mass is 10.1. The van der Waals surface area contributed by atoms with Gasteiger partial charge in [0, 0.05) is 19.2 Å². The molecule has 1 N–H and O–H groups in total. The van der Waals surface area contributed by atoms with E-state index in [4.69, 9.17) is 5.11 Å². The summed E-state index contributed by atoms with van der Waals surface area (Å²) in [6, 6.07) is 6.39. The molecule has 0 aliphatic heterocycles. The second-order valence-corrected chi connectivity index (χ2v) is 4.05. The zero-order valence-electron chi connectivity index (χ0n) is 10.3. The van der Waals surface area contributed by atoms with Gasteiger partial charge in [0.2, 0.25) is 0 Å². The lowest BCUT2D eigenvalue weighted by molar-refractivity contribution is 0.303. The summed E-state index contributed by atoms with van der Waals surface area (Å²) in [5.41, 5.74) is 0.335. The minimum Gasteiger partial charge on any atom is -0.395 e. The molecule has 0 saturated heterocycles. The second-order valence-electron chi connectivity index (χ2n) is 4.05. The molecule has 4 nitrogen and oxygen atoms in total. The van der Waals surface area contributed by atoms with E-state index in [1.807, 2.05) is 0 Å². The van der Waals surface area contributed by atoms with Crippen LogP contribution in [-0.4, -0.2) is 35.5 Å². The number of rotatable bonds is 4. The Labute approximate surface area is 109 Å². The van der Waals surface area contributed by atoms with Gasteiger partial charge >= 0.3 is 0 Å². The molecule has 1 aromatic carbocycles. The van der Waals surface area contributed by atoms with Gasteiger partial charge in [-0.1, -0.05) is 0 Å². The summed E-state index contributed by atoms with van der Waals surface area (Å²) in [7, 11) is 1.75. The van der Waals surface area contributed by atoms with Crippen LogP contribution in [0.2, 0.25) is 0 Å². The highest BCUT2D eigenvalue weighted by atomic mass is 19.1. The highest BCUT2D eigenvalue weighted by Gasteiger charge is 2.09. The first-order valence-electron chi connectivity index (χ1n) is 5.73. The summed E-state index contributed by atoms with van der Waals surface area (Å²) in [6.07, 6.45) is 0. The van der Waals surface area contributed by atoms with E-state index in [1.165, 1.54) is 0 Å². The number of hydrogen-bond donors (Lipinski definition) is 1. The highest BCUT2D eigenvalue weighted by Crippen LogP contribution is 2.22. The number of aliphatic hydroxyl groups is 1. The number of halogens is 2. The third-order valence-electron chi connectivity index (χ3n) is 2.68. The van der Waals surface area contributed by atoms with E-state index in [2.05, 4.69) is 10.2 Å². The van der Waals surface area contributed by atoms with Crippen molar-refractivity contribution in [1.29, 1.82) is 0 Å². The van der Waals surface area contributed by atoms with Crippen molar-refractivity contribution in [2.24, 2.45) is 0 Å². The predicted octanol–water partition coefficient (Wildman–Crippen LogP) is 1.85. The normalized spacial score (nSPS) is 10.5. The molecule has 0 spiro atoms. The molecule has 0 unspecified atom stereocenters. The van der Waals surface area contributed by atoms with Gasteiger partial charge in [-0.25, -0.2) is 8.78 Å². The Balaban J connectivity index is 2.29. The molecule has 2 rings (SSSR count). The number of aromatic nitrogens is 2. The van der Waals surface area contributed by atoms with E-state index < -0.39 is 11.6 Å². The first-order chi connectivity index (χ1) is 9.11. The number of benzene rings is 1. The van der Waals surface area contributed by atoms with Gasteiger partial charge in [-0.2, -0.15) is 0 Å². The number of aliphatic hydroxyl groups excluding tert-OH is 1. The molecule has 0 bridgehead atoms. The van der Waals surface area contributed by atoms with Gasteiger partial charge in [-0.05, 0) is 30.3 Å². The summed E-state index contributed by atoms with van der Waals surface area (Å²) in [5, 5.41) is 16.6. The van der Waals surface area contributed by atoms with Crippen LogP contribution in [0, 0.1) is 11.6 Å². The van der Waals surface area contributed by atoms with Crippen LogP contribution in [0.1, 0.15) is 0 Å². The van der Waals surface area contributed by atoms with E-state index >= 15 is 0 Å². The molecule has 0 fully saturated rings. The molecule has 6 heteroatoms. The number of nitrogens with zero attached hydrogens (tertiary/aromatic N) is 3. The van der Waals surface area contributed by atoms with Crippen LogP contribution < -0.4 is 4.90 Å². The van der Waals surface area contributed by atoms with Crippen molar-refractivity contribution in [1.82, 2.24) is 10.2 Å². The van der Waals surface area contributed by atoms with Crippen molar-refractivity contribution >= 4 is 5.82 Å². The molecule has 0 amide bonds. The molecule has 1 aromatic heterocycles. The van der Waals surface area contributed by atoms with Crippen LogP contribution in [0.15, 0.2) is 30.3 Å². The molecule has 0 saturated carbocycles. The quantitative estimate of drug-likeness (QED) is 0.916. The first-order valence-corrected chi connectivity index (χ1v) is 5.73. The SMILES string of the molecule is CN(CCO)c1ccc(-c2cc(F)ccc2F)nn1. The summed E-state index contributed by atoms with van der Waals surface area (Å²) < 4.78 is 26.6. The van der Waals surface area contributed by atoms with Crippen LogP contribution in [0.25, 0.3) is 11.3 Å². The molecular weight excluding hydrogens is 252 g/mol. The topological polar surface area (TPSA) is 49.2 Å². The molecule has 2 aromatic rings. The van der Waals surface area contributed by atoms with Gasteiger partial charge in [-0.15, -0.1) is 10.2 Å². The maximum atomic E-state index is 13.6. The van der Waals surface area contributed by atoms with Gasteiger partial charge in [0.05, 0.1) is 12.3 Å². The zero-order valence-corrected chi connectivity index (χ0v) is 10.3. The van der Waals surface area contributed by atoms with E-state index in [9.17, 15) is 8.78 Å². The van der Waals surface area contributed by atoms with Crippen LogP contribution in [0.5, 0.6) is 0 Å². The van der Waals surface area contributed by atoms with Crippen molar-refractivity contribution < 1.29 is 13.9 Å². The Hall–Kier alpha value is -2.08. The molecule has 1 heterocycles. The Morgan fingerprint density at radius 2 is 1.95 bits per heavy atom. The first kappa shape index (κ1) is 13.4. The van der Waals surface area contributed by atoms with Crippen molar-refractivity contribution in [3.63, 3.8) is 0 Å². The fraction of sp³-hybridized carbons (Fsp3) is 0.231. The Kier molecular flexibility index (Phi) is 4.01. The third-order valence-corrected chi connectivity index (χ3v) is 2.68. The molecule has 0 aliphatic carbocycles. The second kappa shape index (κ2) is 5.71. The fourth-order valence-electron chi connectivity index (χ4n) is 1.63. The third kappa shape index (κ3) is 3.03. The van der Waals surface area contributed by atoms with Gasteiger partial charge < -0.3 is 10.0 Å². The van der Waals surface area contributed by atoms with E-state index in [1.54, 1.807) is 24.1 Å². The fourth-order valence-corrected chi connectivity index (χ4v) is 1.63. The van der Waals surface area contributed by atoms with Gasteiger partial charge in [-0.3, -0.25) is 0 Å². The van der Waals surface area contributed by atoms with E-state index in [-0.39, 0.29) is 17.9 Å². The molecule has 0 atom stereocenters. The standard InChI is InChI=1S/C13H13F2N3O/c1-18(6-7-19)13-5-4-12(16-17-13)10-8-9(14)2-3-11(10)15/h2-5,8,19H,6-7H2,1H3.